The summed E-state index contributed by atoms with van der Waals surface area (Å²) in [5, 5.41) is 18.0. The lowest BCUT2D eigenvalue weighted by Crippen LogP contribution is -2.11. The van der Waals surface area contributed by atoms with Gasteiger partial charge in [-0.3, -0.25) is 4.68 Å². The van der Waals surface area contributed by atoms with Gasteiger partial charge in [0, 0.05) is 47.2 Å². The first-order valence-corrected chi connectivity index (χ1v) is 7.91. The van der Waals surface area contributed by atoms with E-state index >= 15 is 0 Å². The molecule has 0 spiro atoms. The topological polar surface area (TPSA) is 65.9 Å². The number of fused-ring (bicyclic) bond motifs is 1. The molecule has 0 aliphatic rings. The quantitative estimate of drug-likeness (QED) is 0.494. The Labute approximate surface area is 143 Å². The molecule has 2 aromatic carbocycles. The smallest absolute Gasteiger partial charge is 0.123 e. The summed E-state index contributed by atoms with van der Waals surface area (Å²) < 4.78 is 15.5. The van der Waals surface area contributed by atoms with Crippen LogP contribution in [-0.2, 0) is 7.05 Å². The minimum absolute atomic E-state index is 0.206. The maximum absolute atomic E-state index is 13.8. The molecule has 1 atom stereocenters. The molecular weight excluding hydrogens is 319 g/mol. The van der Waals surface area contributed by atoms with Crippen molar-refractivity contribution < 1.29 is 9.50 Å². The number of aryl methyl sites for hydroxylation is 1. The molecule has 4 aromatic rings. The Morgan fingerprint density at radius 3 is 2.72 bits per heavy atom. The van der Waals surface area contributed by atoms with Gasteiger partial charge < -0.3 is 15.4 Å². The van der Waals surface area contributed by atoms with Gasteiger partial charge in [0.05, 0.1) is 12.2 Å². The van der Waals surface area contributed by atoms with Gasteiger partial charge in [-0.15, -0.1) is 0 Å². The van der Waals surface area contributed by atoms with Crippen molar-refractivity contribution in [2.75, 3.05) is 5.32 Å². The summed E-state index contributed by atoms with van der Waals surface area (Å²) in [4.78, 5) is 3.19. The van der Waals surface area contributed by atoms with Crippen molar-refractivity contribution in [3.63, 3.8) is 0 Å². The van der Waals surface area contributed by atoms with Crippen molar-refractivity contribution in [2.45, 2.75) is 6.04 Å². The molecule has 0 fully saturated rings. The van der Waals surface area contributed by atoms with Crippen LogP contribution in [0.25, 0.3) is 10.9 Å². The average Bonchev–Trinajstić information content (AvgIpc) is 3.20. The number of aromatic amines is 1. The van der Waals surface area contributed by atoms with Crippen LogP contribution >= 0.6 is 0 Å². The van der Waals surface area contributed by atoms with E-state index in [0.717, 1.165) is 27.7 Å². The third kappa shape index (κ3) is 2.94. The second-order valence-electron chi connectivity index (χ2n) is 6.01. The van der Waals surface area contributed by atoms with Crippen molar-refractivity contribution in [2.24, 2.45) is 7.05 Å². The second kappa shape index (κ2) is 5.98. The summed E-state index contributed by atoms with van der Waals surface area (Å²) in [7, 11) is 1.86. The summed E-state index contributed by atoms with van der Waals surface area (Å²) in [5.41, 5.74) is 3.60. The highest BCUT2D eigenvalue weighted by atomic mass is 19.1. The molecular formula is C19H17FN4O. The van der Waals surface area contributed by atoms with Crippen LogP contribution in [0.4, 0.5) is 10.1 Å². The first-order valence-electron chi connectivity index (χ1n) is 7.91. The van der Waals surface area contributed by atoms with E-state index in [2.05, 4.69) is 15.4 Å². The number of aromatic nitrogens is 3. The first-order chi connectivity index (χ1) is 12.1. The van der Waals surface area contributed by atoms with Crippen molar-refractivity contribution in [3.05, 3.63) is 78.0 Å². The standard InChI is InChI=1S/C19H17FN4O/c1-24-11-12(9-22-24)19(23-14-3-5-15(25)6-4-14)17-10-21-18-7-2-13(20)8-16(17)18/h2-11,19,21,23,25H,1H3. The molecule has 0 amide bonds. The number of phenolic OH excluding ortho intramolecular Hbond substituents is 1. The molecule has 2 heterocycles. The van der Waals surface area contributed by atoms with Gasteiger partial charge in [-0.1, -0.05) is 0 Å². The van der Waals surface area contributed by atoms with Gasteiger partial charge >= 0.3 is 0 Å². The largest absolute Gasteiger partial charge is 0.508 e. The van der Waals surface area contributed by atoms with Crippen LogP contribution < -0.4 is 5.32 Å². The van der Waals surface area contributed by atoms with Gasteiger partial charge in [0.1, 0.15) is 11.6 Å². The Morgan fingerprint density at radius 1 is 1.20 bits per heavy atom. The zero-order valence-corrected chi connectivity index (χ0v) is 13.6. The number of anilines is 1. The highest BCUT2D eigenvalue weighted by Gasteiger charge is 2.20. The maximum atomic E-state index is 13.8. The van der Waals surface area contributed by atoms with Crippen LogP contribution in [0.15, 0.2) is 61.1 Å². The molecule has 5 nitrogen and oxygen atoms in total. The minimum Gasteiger partial charge on any atom is -0.508 e. The third-order valence-corrected chi connectivity index (χ3v) is 4.22. The fourth-order valence-electron chi connectivity index (χ4n) is 3.01. The van der Waals surface area contributed by atoms with Crippen molar-refractivity contribution >= 4 is 16.6 Å². The van der Waals surface area contributed by atoms with Crippen molar-refractivity contribution in [3.8, 4) is 5.75 Å². The van der Waals surface area contributed by atoms with Crippen LogP contribution in [-0.4, -0.2) is 19.9 Å². The predicted octanol–water partition coefficient (Wildman–Crippen LogP) is 3.95. The highest BCUT2D eigenvalue weighted by molar-refractivity contribution is 5.84. The van der Waals surface area contributed by atoms with Gasteiger partial charge in [-0.05, 0) is 42.5 Å². The first kappa shape index (κ1) is 15.3. The van der Waals surface area contributed by atoms with E-state index in [0.29, 0.717) is 0 Å². The Kier molecular flexibility index (Phi) is 3.65. The summed E-state index contributed by atoms with van der Waals surface area (Å²) in [5.74, 6) is -0.0689. The van der Waals surface area contributed by atoms with Gasteiger partial charge in [0.15, 0.2) is 0 Å². The fraction of sp³-hybridized carbons (Fsp3) is 0.105. The number of nitrogens with zero attached hydrogens (tertiary/aromatic N) is 2. The van der Waals surface area contributed by atoms with E-state index in [-0.39, 0.29) is 17.6 Å². The number of aromatic hydroxyl groups is 1. The Balaban J connectivity index is 1.81. The number of benzene rings is 2. The predicted molar refractivity (Wildman–Crippen MR) is 95.0 cm³/mol. The van der Waals surface area contributed by atoms with Crippen LogP contribution in [0.1, 0.15) is 17.2 Å². The fourth-order valence-corrected chi connectivity index (χ4v) is 3.01. The van der Waals surface area contributed by atoms with E-state index in [1.165, 1.54) is 12.1 Å². The number of phenols is 1. The Morgan fingerprint density at radius 2 is 2.00 bits per heavy atom. The summed E-state index contributed by atoms with van der Waals surface area (Å²) in [6.45, 7) is 0. The van der Waals surface area contributed by atoms with Crippen molar-refractivity contribution in [1.82, 2.24) is 14.8 Å². The number of hydrogen-bond donors (Lipinski definition) is 3. The maximum Gasteiger partial charge on any atom is 0.123 e. The van der Waals surface area contributed by atoms with E-state index < -0.39 is 0 Å². The van der Waals surface area contributed by atoms with Crippen LogP contribution in [0, 0.1) is 5.82 Å². The van der Waals surface area contributed by atoms with E-state index in [1.54, 1.807) is 41.2 Å². The molecule has 4 rings (SSSR count). The number of nitrogens with one attached hydrogen (secondary N) is 2. The molecule has 1 unspecified atom stereocenters. The molecule has 126 valence electrons. The lowest BCUT2D eigenvalue weighted by atomic mass is 10.0. The summed E-state index contributed by atoms with van der Waals surface area (Å²) >= 11 is 0. The Hall–Kier alpha value is -3.28. The molecule has 2 aromatic heterocycles. The number of halogens is 1. The molecule has 0 saturated heterocycles. The van der Waals surface area contributed by atoms with Gasteiger partial charge in [-0.2, -0.15) is 5.10 Å². The highest BCUT2D eigenvalue weighted by Crippen LogP contribution is 2.32. The van der Waals surface area contributed by atoms with Gasteiger partial charge in [0.2, 0.25) is 0 Å². The SMILES string of the molecule is Cn1cc(C(Nc2ccc(O)cc2)c2c[nH]c3ccc(F)cc23)cn1. The normalized spacial score (nSPS) is 12.4. The van der Waals surface area contributed by atoms with Gasteiger partial charge in [0.25, 0.3) is 0 Å². The molecule has 0 bridgehead atoms. The molecule has 0 aliphatic carbocycles. The zero-order valence-electron chi connectivity index (χ0n) is 13.6. The lowest BCUT2D eigenvalue weighted by Gasteiger charge is -2.19. The van der Waals surface area contributed by atoms with Crippen LogP contribution in [0.3, 0.4) is 0 Å². The summed E-state index contributed by atoms with van der Waals surface area (Å²) in [6.07, 6.45) is 5.60. The number of H-pyrrole nitrogens is 1. The third-order valence-electron chi connectivity index (χ3n) is 4.22. The van der Waals surface area contributed by atoms with Crippen LogP contribution in [0.2, 0.25) is 0 Å². The monoisotopic (exact) mass is 336 g/mol. The van der Waals surface area contributed by atoms with E-state index in [1.807, 2.05) is 19.4 Å². The van der Waals surface area contributed by atoms with Crippen molar-refractivity contribution in [1.29, 1.82) is 0 Å². The minimum atomic E-state index is -0.275. The van der Waals surface area contributed by atoms with Gasteiger partial charge in [-0.25, -0.2) is 4.39 Å². The van der Waals surface area contributed by atoms with E-state index in [4.69, 9.17) is 0 Å². The van der Waals surface area contributed by atoms with Crippen LogP contribution in [0.5, 0.6) is 5.75 Å². The molecule has 6 heteroatoms. The lowest BCUT2D eigenvalue weighted by molar-refractivity contribution is 0.475. The average molecular weight is 336 g/mol. The molecule has 0 aliphatic heterocycles. The summed E-state index contributed by atoms with van der Waals surface area (Å²) in [6, 6.07) is 11.3. The number of rotatable bonds is 4. The molecule has 3 N–H and O–H groups in total. The number of hydrogen-bond acceptors (Lipinski definition) is 3. The second-order valence-corrected chi connectivity index (χ2v) is 6.01. The van der Waals surface area contributed by atoms with E-state index in [9.17, 15) is 9.50 Å². The Bertz CT molecular complexity index is 1020. The molecule has 0 saturated carbocycles. The zero-order chi connectivity index (χ0) is 17.4. The molecule has 0 radical (unpaired) electrons. The molecule has 25 heavy (non-hydrogen) atoms.